The number of H-pyrrole nitrogens is 1. The molecule has 0 radical (unpaired) electrons. The van der Waals surface area contributed by atoms with Crippen molar-refractivity contribution in [3.8, 4) is 33.9 Å². The van der Waals surface area contributed by atoms with E-state index in [0.29, 0.717) is 27.5 Å². The molecule has 0 aliphatic rings. The van der Waals surface area contributed by atoms with Gasteiger partial charge in [0.25, 0.3) is 0 Å². The fourth-order valence-corrected chi connectivity index (χ4v) is 3.40. The SMILES string of the molecule is N=Cc1ccc(-c2c(OCc3ccc(Cl)cc3)ccc(-c3cc(C(F)(F)F)[nH]n3)c2O)cc1. The molecule has 3 aromatic carbocycles. The van der Waals surface area contributed by atoms with Gasteiger partial charge in [-0.3, -0.25) is 5.10 Å². The summed E-state index contributed by atoms with van der Waals surface area (Å²) in [6.45, 7) is 0.183. The number of aromatic nitrogens is 2. The highest BCUT2D eigenvalue weighted by atomic mass is 35.5. The molecule has 0 saturated heterocycles. The third kappa shape index (κ3) is 4.85. The van der Waals surface area contributed by atoms with Crippen LogP contribution in [0.3, 0.4) is 0 Å². The highest BCUT2D eigenvalue weighted by molar-refractivity contribution is 6.30. The van der Waals surface area contributed by atoms with Gasteiger partial charge in [-0.2, -0.15) is 18.3 Å². The van der Waals surface area contributed by atoms with E-state index in [1.807, 2.05) is 5.10 Å². The van der Waals surface area contributed by atoms with Crippen LogP contribution in [-0.2, 0) is 12.8 Å². The number of phenolic OH excluding ortho intramolecular Hbond substituents is 1. The molecule has 0 amide bonds. The molecule has 168 valence electrons. The van der Waals surface area contributed by atoms with Crippen LogP contribution in [0, 0.1) is 5.41 Å². The topological polar surface area (TPSA) is 82.0 Å². The van der Waals surface area contributed by atoms with E-state index in [4.69, 9.17) is 21.7 Å². The Morgan fingerprint density at radius 2 is 1.73 bits per heavy atom. The summed E-state index contributed by atoms with van der Waals surface area (Å²) < 4.78 is 45.0. The van der Waals surface area contributed by atoms with E-state index in [9.17, 15) is 18.3 Å². The molecule has 0 fully saturated rings. The van der Waals surface area contributed by atoms with Crippen LogP contribution in [0.2, 0.25) is 5.02 Å². The molecule has 0 atom stereocenters. The molecule has 0 spiro atoms. The van der Waals surface area contributed by atoms with Crippen LogP contribution in [0.4, 0.5) is 13.2 Å². The van der Waals surface area contributed by atoms with Crippen LogP contribution in [0.5, 0.6) is 11.5 Å². The van der Waals surface area contributed by atoms with Gasteiger partial charge in [0.1, 0.15) is 23.8 Å². The number of phenols is 1. The van der Waals surface area contributed by atoms with E-state index in [-0.39, 0.29) is 23.6 Å². The van der Waals surface area contributed by atoms with Gasteiger partial charge in [-0.1, -0.05) is 48.0 Å². The zero-order chi connectivity index (χ0) is 23.6. The minimum atomic E-state index is -4.59. The fraction of sp³-hybridized carbons (Fsp3) is 0.0833. The lowest BCUT2D eigenvalue weighted by Crippen LogP contribution is -2.04. The normalized spacial score (nSPS) is 11.4. The van der Waals surface area contributed by atoms with Crippen molar-refractivity contribution in [1.82, 2.24) is 10.2 Å². The molecule has 9 heteroatoms. The first kappa shape index (κ1) is 22.4. The first-order valence-corrected chi connectivity index (χ1v) is 10.1. The summed E-state index contributed by atoms with van der Waals surface area (Å²) in [4.78, 5) is 0. The van der Waals surface area contributed by atoms with Crippen molar-refractivity contribution in [2.75, 3.05) is 0 Å². The van der Waals surface area contributed by atoms with Gasteiger partial charge in [-0.05, 0) is 47.0 Å². The molecule has 3 N–H and O–H groups in total. The van der Waals surface area contributed by atoms with Crippen molar-refractivity contribution in [2.24, 2.45) is 0 Å². The first-order chi connectivity index (χ1) is 15.8. The summed E-state index contributed by atoms with van der Waals surface area (Å²) in [6, 6.07) is 17.7. The highest BCUT2D eigenvalue weighted by Gasteiger charge is 2.33. The minimum absolute atomic E-state index is 0.0542. The smallest absolute Gasteiger partial charge is 0.432 e. The Labute approximate surface area is 191 Å². The Morgan fingerprint density at radius 3 is 2.33 bits per heavy atom. The molecule has 0 aliphatic heterocycles. The molecule has 33 heavy (non-hydrogen) atoms. The second-order valence-electron chi connectivity index (χ2n) is 7.18. The van der Waals surface area contributed by atoms with Gasteiger partial charge in [0, 0.05) is 16.8 Å². The molecule has 0 aliphatic carbocycles. The fourth-order valence-electron chi connectivity index (χ4n) is 3.27. The van der Waals surface area contributed by atoms with Crippen LogP contribution in [0.1, 0.15) is 16.8 Å². The van der Waals surface area contributed by atoms with Gasteiger partial charge < -0.3 is 15.3 Å². The molecule has 0 saturated carbocycles. The van der Waals surface area contributed by atoms with Gasteiger partial charge in [0.05, 0.1) is 11.3 Å². The lowest BCUT2D eigenvalue weighted by molar-refractivity contribution is -0.141. The van der Waals surface area contributed by atoms with Crippen molar-refractivity contribution in [3.63, 3.8) is 0 Å². The Kier molecular flexibility index (Phi) is 6.11. The summed E-state index contributed by atoms with van der Waals surface area (Å²) in [5.41, 5.74) is 1.41. The maximum atomic E-state index is 13.0. The van der Waals surface area contributed by atoms with Crippen LogP contribution < -0.4 is 4.74 Å². The molecular formula is C24H17ClF3N3O2. The van der Waals surface area contributed by atoms with E-state index in [0.717, 1.165) is 11.6 Å². The predicted molar refractivity (Wildman–Crippen MR) is 120 cm³/mol. The number of aromatic hydroxyl groups is 1. The number of nitrogens with zero attached hydrogens (tertiary/aromatic N) is 1. The largest absolute Gasteiger partial charge is 0.506 e. The number of rotatable bonds is 6. The van der Waals surface area contributed by atoms with E-state index in [1.165, 1.54) is 12.3 Å². The van der Waals surface area contributed by atoms with E-state index >= 15 is 0 Å². The Bertz CT molecular complexity index is 1280. The molecule has 4 rings (SSSR count). The van der Waals surface area contributed by atoms with Crippen LogP contribution in [0.15, 0.2) is 66.7 Å². The Balaban J connectivity index is 1.77. The van der Waals surface area contributed by atoms with Gasteiger partial charge in [0.15, 0.2) is 0 Å². The molecular weight excluding hydrogens is 455 g/mol. The van der Waals surface area contributed by atoms with Gasteiger partial charge in [0.2, 0.25) is 0 Å². The van der Waals surface area contributed by atoms with Crippen molar-refractivity contribution < 1.29 is 23.0 Å². The lowest BCUT2D eigenvalue weighted by Gasteiger charge is -2.16. The molecule has 0 bridgehead atoms. The number of alkyl halides is 3. The van der Waals surface area contributed by atoms with Gasteiger partial charge in [-0.25, -0.2) is 0 Å². The minimum Gasteiger partial charge on any atom is -0.506 e. The summed E-state index contributed by atoms with van der Waals surface area (Å²) in [6.07, 6.45) is -3.41. The number of nitrogens with one attached hydrogen (secondary N) is 2. The molecule has 4 aromatic rings. The molecule has 1 heterocycles. The number of hydrogen-bond acceptors (Lipinski definition) is 4. The van der Waals surface area contributed by atoms with Crippen LogP contribution in [0.25, 0.3) is 22.4 Å². The van der Waals surface area contributed by atoms with Crippen molar-refractivity contribution in [3.05, 3.63) is 88.6 Å². The third-order valence-electron chi connectivity index (χ3n) is 4.97. The van der Waals surface area contributed by atoms with Crippen LogP contribution >= 0.6 is 11.6 Å². The van der Waals surface area contributed by atoms with Gasteiger partial charge in [-0.15, -0.1) is 0 Å². The monoisotopic (exact) mass is 471 g/mol. The second-order valence-corrected chi connectivity index (χ2v) is 7.62. The summed E-state index contributed by atoms with van der Waals surface area (Å²) in [5.74, 6) is 0.0619. The number of benzene rings is 3. The van der Waals surface area contributed by atoms with Crippen molar-refractivity contribution in [1.29, 1.82) is 5.41 Å². The number of hydrogen-bond donors (Lipinski definition) is 3. The van der Waals surface area contributed by atoms with E-state index in [2.05, 4.69) is 5.10 Å². The zero-order valence-electron chi connectivity index (χ0n) is 16.9. The Morgan fingerprint density at radius 1 is 1.03 bits per heavy atom. The number of halogens is 4. The van der Waals surface area contributed by atoms with E-state index < -0.39 is 11.9 Å². The van der Waals surface area contributed by atoms with Crippen molar-refractivity contribution >= 4 is 17.8 Å². The van der Waals surface area contributed by atoms with Gasteiger partial charge >= 0.3 is 6.18 Å². The lowest BCUT2D eigenvalue weighted by atomic mass is 9.97. The molecule has 5 nitrogen and oxygen atoms in total. The summed E-state index contributed by atoms with van der Waals surface area (Å²) in [5, 5.41) is 24.7. The predicted octanol–water partition coefficient (Wildman–Crippen LogP) is 6.70. The first-order valence-electron chi connectivity index (χ1n) is 9.73. The third-order valence-corrected chi connectivity index (χ3v) is 5.22. The van der Waals surface area contributed by atoms with E-state index in [1.54, 1.807) is 54.6 Å². The van der Waals surface area contributed by atoms with Crippen molar-refractivity contribution in [2.45, 2.75) is 12.8 Å². The average molecular weight is 472 g/mol. The molecule has 1 aromatic heterocycles. The molecule has 0 unspecified atom stereocenters. The second kappa shape index (κ2) is 8.99. The highest BCUT2D eigenvalue weighted by Crippen LogP contribution is 2.44. The Hall–Kier alpha value is -3.78. The summed E-state index contributed by atoms with van der Waals surface area (Å²) >= 11 is 5.92. The summed E-state index contributed by atoms with van der Waals surface area (Å²) in [7, 11) is 0. The average Bonchev–Trinajstić information content (AvgIpc) is 3.30. The number of aromatic amines is 1. The number of ether oxygens (including phenoxy) is 1. The zero-order valence-corrected chi connectivity index (χ0v) is 17.7. The van der Waals surface area contributed by atoms with Crippen LogP contribution in [-0.4, -0.2) is 21.5 Å². The maximum Gasteiger partial charge on any atom is 0.432 e. The standard InChI is InChI=1S/C24H17ClF3N3O2/c25-17-7-3-15(4-8-17)13-33-20-10-9-18(19-11-21(31-30-19)24(26,27)28)23(32)22(20)16-5-1-14(12-29)2-6-16/h1-12,29,32H,13H2,(H,30,31). The maximum absolute atomic E-state index is 13.0. The quantitative estimate of drug-likeness (QED) is 0.274.